The van der Waals surface area contributed by atoms with Gasteiger partial charge in [-0.1, -0.05) is 11.6 Å². The Hall–Kier alpha value is -1.70. The van der Waals surface area contributed by atoms with Gasteiger partial charge in [0.25, 0.3) is 5.91 Å². The molecule has 8 heteroatoms. The van der Waals surface area contributed by atoms with E-state index in [1.807, 2.05) is 0 Å². The van der Waals surface area contributed by atoms with Gasteiger partial charge in [0.05, 0.1) is 11.6 Å². The van der Waals surface area contributed by atoms with Gasteiger partial charge < -0.3 is 15.5 Å². The first-order valence-corrected chi connectivity index (χ1v) is 6.66. The number of hydrogen-bond donors (Lipinski definition) is 3. The van der Waals surface area contributed by atoms with Crippen molar-refractivity contribution in [3.63, 3.8) is 0 Å². The van der Waals surface area contributed by atoms with E-state index in [1.165, 1.54) is 18.2 Å². The number of amides is 1. The van der Waals surface area contributed by atoms with Gasteiger partial charge in [-0.15, -0.1) is 11.3 Å². The third kappa shape index (κ3) is 2.90. The Balaban J connectivity index is 2.22. The zero-order valence-corrected chi connectivity index (χ0v) is 11.5. The molecule has 1 aromatic heterocycles. The molecule has 1 amide bonds. The fourth-order valence-electron chi connectivity index (χ4n) is 1.54. The van der Waals surface area contributed by atoms with Crippen molar-refractivity contribution >= 4 is 44.9 Å². The lowest BCUT2D eigenvalue weighted by atomic mass is 10.2. The monoisotopic (exact) mass is 317 g/mol. The molecule has 106 valence electrons. The molecule has 0 bridgehead atoms. The molecule has 0 aliphatic rings. The van der Waals surface area contributed by atoms with E-state index in [9.17, 15) is 14.0 Å². The molecule has 0 unspecified atom stereocenters. The molecule has 2 aromatic rings. The van der Waals surface area contributed by atoms with Gasteiger partial charge in [-0.25, -0.2) is 9.18 Å². The summed E-state index contributed by atoms with van der Waals surface area (Å²) in [4.78, 5) is 22.4. The maximum Gasteiger partial charge on any atom is 0.334 e. The van der Waals surface area contributed by atoms with Crippen molar-refractivity contribution < 1.29 is 24.2 Å². The predicted molar refractivity (Wildman–Crippen MR) is 72.8 cm³/mol. The first-order valence-electron chi connectivity index (χ1n) is 5.46. The summed E-state index contributed by atoms with van der Waals surface area (Å²) >= 11 is 7.02. The Bertz CT molecular complexity index is 687. The summed E-state index contributed by atoms with van der Waals surface area (Å²) in [7, 11) is 0. The number of hydrogen-bond acceptors (Lipinski definition) is 4. The van der Waals surface area contributed by atoms with Gasteiger partial charge in [0, 0.05) is 10.1 Å². The van der Waals surface area contributed by atoms with Gasteiger partial charge >= 0.3 is 5.97 Å². The molecule has 0 aliphatic heterocycles. The minimum atomic E-state index is -1.69. The highest BCUT2D eigenvalue weighted by atomic mass is 35.5. The number of rotatable bonds is 4. The zero-order chi connectivity index (χ0) is 14.9. The van der Waals surface area contributed by atoms with Crippen molar-refractivity contribution in [2.45, 2.75) is 6.10 Å². The topological polar surface area (TPSA) is 86.6 Å². The van der Waals surface area contributed by atoms with Crippen molar-refractivity contribution in [3.8, 4) is 0 Å². The van der Waals surface area contributed by atoms with Gasteiger partial charge in [0.15, 0.2) is 6.10 Å². The van der Waals surface area contributed by atoms with Crippen LogP contribution in [-0.2, 0) is 4.79 Å². The second kappa shape index (κ2) is 5.74. The Morgan fingerprint density at radius 1 is 1.45 bits per heavy atom. The Labute approximate surface area is 121 Å². The average Bonchev–Trinajstić information content (AvgIpc) is 2.72. The van der Waals surface area contributed by atoms with E-state index >= 15 is 0 Å². The molecular weight excluding hydrogens is 309 g/mol. The summed E-state index contributed by atoms with van der Waals surface area (Å²) in [5.74, 6) is -2.49. The summed E-state index contributed by atoms with van der Waals surface area (Å²) < 4.78 is 13.6. The van der Waals surface area contributed by atoms with Gasteiger partial charge in [-0.3, -0.25) is 4.79 Å². The molecule has 2 rings (SSSR count). The molecule has 3 N–H and O–H groups in total. The lowest BCUT2D eigenvalue weighted by molar-refractivity contribution is -0.146. The fourth-order valence-corrected chi connectivity index (χ4v) is 3.00. The smallest absolute Gasteiger partial charge is 0.334 e. The molecule has 20 heavy (non-hydrogen) atoms. The molecule has 0 aliphatic carbocycles. The largest absolute Gasteiger partial charge is 0.479 e. The van der Waals surface area contributed by atoms with Gasteiger partial charge in [0.2, 0.25) is 0 Å². The van der Waals surface area contributed by atoms with E-state index in [1.54, 1.807) is 0 Å². The first kappa shape index (κ1) is 14.7. The molecule has 0 saturated heterocycles. The number of aliphatic carboxylic acids is 1. The summed E-state index contributed by atoms with van der Waals surface area (Å²) in [6.07, 6.45) is -1.69. The van der Waals surface area contributed by atoms with Crippen molar-refractivity contribution in [1.29, 1.82) is 0 Å². The van der Waals surface area contributed by atoms with Gasteiger partial charge in [-0.05, 0) is 18.2 Å². The minimum Gasteiger partial charge on any atom is -0.479 e. The van der Waals surface area contributed by atoms with E-state index in [2.05, 4.69) is 5.32 Å². The minimum absolute atomic E-state index is 0.143. The third-order valence-corrected chi connectivity index (χ3v) is 4.19. The highest BCUT2D eigenvalue weighted by Gasteiger charge is 2.20. The molecular formula is C12H9ClFNO4S. The number of aliphatic hydroxyl groups excluding tert-OH is 1. The van der Waals surface area contributed by atoms with Crippen molar-refractivity contribution in [2.75, 3.05) is 6.54 Å². The fraction of sp³-hybridized carbons (Fsp3) is 0.167. The van der Waals surface area contributed by atoms with Crippen LogP contribution in [0.25, 0.3) is 10.1 Å². The number of carbonyl (C=O) groups is 2. The summed E-state index contributed by atoms with van der Waals surface area (Å²) in [6, 6.07) is 3.96. The lowest BCUT2D eigenvalue weighted by Crippen LogP contribution is -2.36. The number of carboxylic acid groups (broad SMARTS) is 1. The number of nitrogens with one attached hydrogen (secondary N) is 1. The van der Waals surface area contributed by atoms with Crippen LogP contribution in [0.15, 0.2) is 18.2 Å². The molecule has 0 radical (unpaired) electrons. The van der Waals surface area contributed by atoms with E-state index in [0.29, 0.717) is 10.1 Å². The van der Waals surface area contributed by atoms with Crippen LogP contribution in [0.1, 0.15) is 9.67 Å². The molecule has 0 saturated carbocycles. The number of carbonyl (C=O) groups excluding carboxylic acids is 1. The second-order valence-corrected chi connectivity index (χ2v) is 5.38. The molecule has 5 nitrogen and oxygen atoms in total. The van der Waals surface area contributed by atoms with Crippen molar-refractivity contribution in [2.24, 2.45) is 0 Å². The van der Waals surface area contributed by atoms with E-state index in [0.717, 1.165) is 11.3 Å². The average molecular weight is 318 g/mol. The Morgan fingerprint density at radius 2 is 2.15 bits per heavy atom. The number of fused-ring (bicyclic) bond motifs is 1. The van der Waals surface area contributed by atoms with E-state index in [4.69, 9.17) is 21.8 Å². The SMILES string of the molecule is O=C(NC[C@H](O)C(=O)O)c1sc2cc(F)ccc2c1Cl. The number of halogens is 2. The van der Waals surface area contributed by atoms with Crippen LogP contribution >= 0.6 is 22.9 Å². The quantitative estimate of drug-likeness (QED) is 0.803. The summed E-state index contributed by atoms with van der Waals surface area (Å²) in [5.41, 5.74) is 0. The summed E-state index contributed by atoms with van der Waals surface area (Å²) in [5, 5.41) is 20.5. The van der Waals surface area contributed by atoms with Crippen molar-refractivity contribution in [3.05, 3.63) is 33.9 Å². The van der Waals surface area contributed by atoms with Crippen LogP contribution in [0.3, 0.4) is 0 Å². The summed E-state index contributed by atoms with van der Waals surface area (Å²) in [6.45, 7) is -0.437. The molecule has 1 atom stereocenters. The maximum absolute atomic E-state index is 13.1. The van der Waals surface area contributed by atoms with Crippen molar-refractivity contribution in [1.82, 2.24) is 5.32 Å². The van der Waals surface area contributed by atoms with E-state index in [-0.39, 0.29) is 9.90 Å². The van der Waals surface area contributed by atoms with Crippen LogP contribution in [0.4, 0.5) is 4.39 Å². The normalized spacial score (nSPS) is 12.3. The Morgan fingerprint density at radius 3 is 2.80 bits per heavy atom. The van der Waals surface area contributed by atoms with Crippen LogP contribution in [0.2, 0.25) is 5.02 Å². The van der Waals surface area contributed by atoms with E-state index < -0.39 is 30.3 Å². The standard InChI is InChI=1S/C12H9ClFNO4S/c13-9-6-2-1-5(14)3-8(6)20-10(9)11(17)15-4-7(16)12(18)19/h1-3,7,16H,4H2,(H,15,17)(H,18,19)/t7-/m0/s1. The molecule has 0 spiro atoms. The predicted octanol–water partition coefficient (Wildman–Crippen LogP) is 1.87. The number of aliphatic hydroxyl groups is 1. The highest BCUT2D eigenvalue weighted by Crippen LogP contribution is 2.35. The number of benzene rings is 1. The molecule has 1 aromatic carbocycles. The number of thiophene rings is 1. The highest BCUT2D eigenvalue weighted by molar-refractivity contribution is 7.21. The van der Waals surface area contributed by atoms with Gasteiger partial charge in [0.1, 0.15) is 10.7 Å². The third-order valence-electron chi connectivity index (χ3n) is 2.54. The Kier molecular flexibility index (Phi) is 4.22. The molecule has 1 heterocycles. The van der Waals surface area contributed by atoms with Crippen LogP contribution in [-0.4, -0.2) is 34.7 Å². The molecule has 0 fully saturated rings. The van der Waals surface area contributed by atoms with Crippen LogP contribution < -0.4 is 5.32 Å². The maximum atomic E-state index is 13.1. The van der Waals surface area contributed by atoms with Gasteiger partial charge in [-0.2, -0.15) is 0 Å². The second-order valence-electron chi connectivity index (χ2n) is 3.95. The zero-order valence-electron chi connectivity index (χ0n) is 9.89. The first-order chi connectivity index (χ1) is 9.40. The van der Waals surface area contributed by atoms with Crippen LogP contribution in [0.5, 0.6) is 0 Å². The lowest BCUT2D eigenvalue weighted by Gasteiger charge is -2.06. The van der Waals surface area contributed by atoms with Crippen LogP contribution in [0, 0.1) is 5.82 Å². The number of carboxylic acids is 1.